The Kier molecular flexibility index (Phi) is 5.25. The Morgan fingerprint density at radius 1 is 1.20 bits per heavy atom. The number of nitrogens with zero attached hydrogens (tertiary/aromatic N) is 4. The SMILES string of the molecule is C=CCn1c(SCc2ccc(C(=O)O)cc2)nnc1-c1ccccn1. The quantitative estimate of drug-likeness (QED) is 0.518. The van der Waals surface area contributed by atoms with Crippen LogP contribution in [0.1, 0.15) is 15.9 Å². The van der Waals surface area contributed by atoms with E-state index in [1.165, 1.54) is 11.8 Å². The van der Waals surface area contributed by atoms with E-state index in [1.807, 2.05) is 34.9 Å². The monoisotopic (exact) mass is 352 g/mol. The van der Waals surface area contributed by atoms with Crippen molar-refractivity contribution in [2.24, 2.45) is 0 Å². The second-order valence-corrected chi connectivity index (χ2v) is 6.15. The minimum Gasteiger partial charge on any atom is -0.478 e. The summed E-state index contributed by atoms with van der Waals surface area (Å²) < 4.78 is 1.96. The normalized spacial score (nSPS) is 10.6. The van der Waals surface area contributed by atoms with Gasteiger partial charge in [0.25, 0.3) is 0 Å². The Morgan fingerprint density at radius 3 is 2.64 bits per heavy atom. The summed E-state index contributed by atoms with van der Waals surface area (Å²) >= 11 is 1.54. The summed E-state index contributed by atoms with van der Waals surface area (Å²) in [6, 6.07) is 12.5. The Hall–Kier alpha value is -2.93. The van der Waals surface area contributed by atoms with Crippen LogP contribution >= 0.6 is 11.8 Å². The van der Waals surface area contributed by atoms with Crippen LogP contribution in [-0.2, 0) is 12.3 Å². The van der Waals surface area contributed by atoms with Crippen molar-refractivity contribution in [3.63, 3.8) is 0 Å². The average Bonchev–Trinajstić information content (AvgIpc) is 3.04. The van der Waals surface area contributed by atoms with Crippen LogP contribution in [0.3, 0.4) is 0 Å². The van der Waals surface area contributed by atoms with Gasteiger partial charge in [0.2, 0.25) is 0 Å². The number of benzene rings is 1. The lowest BCUT2D eigenvalue weighted by Gasteiger charge is -2.07. The predicted molar refractivity (Wildman–Crippen MR) is 96.4 cm³/mol. The zero-order valence-electron chi connectivity index (χ0n) is 13.4. The molecule has 1 aromatic carbocycles. The average molecular weight is 352 g/mol. The molecule has 3 rings (SSSR count). The molecule has 2 aromatic heterocycles. The largest absolute Gasteiger partial charge is 0.478 e. The maximum atomic E-state index is 10.9. The van der Waals surface area contributed by atoms with Crippen LogP contribution in [0.25, 0.3) is 11.5 Å². The number of pyridine rings is 1. The molecule has 3 aromatic rings. The molecule has 6 nitrogen and oxygen atoms in total. The zero-order chi connectivity index (χ0) is 17.6. The Morgan fingerprint density at radius 2 is 2.00 bits per heavy atom. The first kappa shape index (κ1) is 16.9. The van der Waals surface area contributed by atoms with Crippen LogP contribution in [0.5, 0.6) is 0 Å². The van der Waals surface area contributed by atoms with Gasteiger partial charge in [0, 0.05) is 18.5 Å². The van der Waals surface area contributed by atoms with Gasteiger partial charge in [0.15, 0.2) is 11.0 Å². The molecule has 0 fully saturated rings. The number of rotatable bonds is 7. The standard InChI is InChI=1S/C18H16N4O2S/c1-2-11-22-16(15-5-3-4-10-19-15)20-21-18(22)25-12-13-6-8-14(9-7-13)17(23)24/h2-10H,1,11-12H2,(H,23,24). The highest BCUT2D eigenvalue weighted by Crippen LogP contribution is 2.25. The summed E-state index contributed by atoms with van der Waals surface area (Å²) in [5.74, 6) is 0.436. The third kappa shape index (κ3) is 3.95. The van der Waals surface area contributed by atoms with Crippen molar-refractivity contribution >= 4 is 17.7 Å². The van der Waals surface area contributed by atoms with E-state index in [0.717, 1.165) is 16.4 Å². The van der Waals surface area contributed by atoms with E-state index < -0.39 is 5.97 Å². The molecule has 0 aliphatic carbocycles. The van der Waals surface area contributed by atoms with E-state index in [4.69, 9.17) is 5.11 Å². The first-order chi connectivity index (χ1) is 12.2. The molecule has 126 valence electrons. The maximum absolute atomic E-state index is 10.9. The lowest BCUT2D eigenvalue weighted by molar-refractivity contribution is 0.0697. The summed E-state index contributed by atoms with van der Waals surface area (Å²) in [5.41, 5.74) is 2.05. The molecule has 0 saturated heterocycles. The summed E-state index contributed by atoms with van der Waals surface area (Å²) in [4.78, 5) is 15.2. The second-order valence-electron chi connectivity index (χ2n) is 5.21. The molecule has 0 radical (unpaired) electrons. The first-order valence-electron chi connectivity index (χ1n) is 7.59. The summed E-state index contributed by atoms with van der Waals surface area (Å²) in [7, 11) is 0. The zero-order valence-corrected chi connectivity index (χ0v) is 14.2. The van der Waals surface area contributed by atoms with E-state index >= 15 is 0 Å². The highest BCUT2D eigenvalue weighted by atomic mass is 32.2. The number of thioether (sulfide) groups is 1. The van der Waals surface area contributed by atoms with E-state index in [9.17, 15) is 4.79 Å². The van der Waals surface area contributed by atoms with Gasteiger partial charge in [0.1, 0.15) is 5.69 Å². The van der Waals surface area contributed by atoms with Crippen LogP contribution in [0, 0.1) is 0 Å². The van der Waals surface area contributed by atoms with Gasteiger partial charge in [-0.15, -0.1) is 16.8 Å². The first-order valence-corrected chi connectivity index (χ1v) is 8.58. The van der Waals surface area contributed by atoms with Crippen LogP contribution in [0.4, 0.5) is 0 Å². The number of hydrogen-bond acceptors (Lipinski definition) is 5. The fraction of sp³-hybridized carbons (Fsp3) is 0.111. The molecular formula is C18H16N4O2S. The molecule has 7 heteroatoms. The molecule has 0 aliphatic rings. The molecule has 0 bridgehead atoms. The third-order valence-corrected chi connectivity index (χ3v) is 4.53. The Bertz CT molecular complexity index is 876. The van der Waals surface area contributed by atoms with Crippen LogP contribution in [-0.4, -0.2) is 30.8 Å². The topological polar surface area (TPSA) is 80.9 Å². The number of aromatic carboxylic acids is 1. The molecule has 0 saturated carbocycles. The number of carbonyl (C=O) groups is 1. The smallest absolute Gasteiger partial charge is 0.335 e. The van der Waals surface area contributed by atoms with E-state index in [2.05, 4.69) is 21.8 Å². The Balaban J connectivity index is 1.79. The predicted octanol–water partition coefficient (Wildman–Crippen LogP) is 3.52. The van der Waals surface area contributed by atoms with Gasteiger partial charge in [-0.1, -0.05) is 36.0 Å². The molecular weight excluding hydrogens is 336 g/mol. The maximum Gasteiger partial charge on any atom is 0.335 e. The molecule has 2 heterocycles. The highest BCUT2D eigenvalue weighted by Gasteiger charge is 2.14. The third-order valence-electron chi connectivity index (χ3n) is 3.49. The van der Waals surface area contributed by atoms with Crippen LogP contribution in [0.2, 0.25) is 0 Å². The Labute approximate surface area is 149 Å². The molecule has 1 N–H and O–H groups in total. The van der Waals surface area contributed by atoms with Gasteiger partial charge in [-0.05, 0) is 29.8 Å². The fourth-order valence-corrected chi connectivity index (χ4v) is 3.17. The summed E-state index contributed by atoms with van der Waals surface area (Å²) in [5, 5.41) is 18.2. The van der Waals surface area contributed by atoms with Crippen molar-refractivity contribution in [3.8, 4) is 11.5 Å². The molecule has 0 atom stereocenters. The number of allylic oxidation sites excluding steroid dienone is 1. The number of aromatic nitrogens is 4. The summed E-state index contributed by atoms with van der Waals surface area (Å²) in [6.07, 6.45) is 3.51. The summed E-state index contributed by atoms with van der Waals surface area (Å²) in [6.45, 7) is 4.38. The fourth-order valence-electron chi connectivity index (χ4n) is 2.27. The van der Waals surface area contributed by atoms with Crippen LogP contribution in [0.15, 0.2) is 66.5 Å². The lowest BCUT2D eigenvalue weighted by Crippen LogP contribution is -2.01. The molecule has 0 spiro atoms. The minimum absolute atomic E-state index is 0.279. The van der Waals surface area contributed by atoms with Gasteiger partial charge >= 0.3 is 5.97 Å². The van der Waals surface area contributed by atoms with Crippen LogP contribution < -0.4 is 0 Å². The van der Waals surface area contributed by atoms with E-state index in [-0.39, 0.29) is 5.56 Å². The van der Waals surface area contributed by atoms with Crippen molar-refractivity contribution < 1.29 is 9.90 Å². The van der Waals surface area contributed by atoms with Gasteiger partial charge in [-0.2, -0.15) is 0 Å². The van der Waals surface area contributed by atoms with Gasteiger partial charge < -0.3 is 5.11 Å². The molecule has 0 amide bonds. The minimum atomic E-state index is -0.926. The lowest BCUT2D eigenvalue weighted by atomic mass is 10.1. The van der Waals surface area contributed by atoms with Crippen molar-refractivity contribution in [2.75, 3.05) is 0 Å². The van der Waals surface area contributed by atoms with Gasteiger partial charge in [0.05, 0.1) is 5.56 Å². The second kappa shape index (κ2) is 7.76. The number of hydrogen-bond donors (Lipinski definition) is 1. The van der Waals surface area contributed by atoms with Crippen molar-refractivity contribution in [3.05, 3.63) is 72.4 Å². The number of carboxylic acids is 1. The van der Waals surface area contributed by atoms with Gasteiger partial charge in [-0.25, -0.2) is 4.79 Å². The van der Waals surface area contributed by atoms with E-state index in [0.29, 0.717) is 18.1 Å². The van der Waals surface area contributed by atoms with Crippen molar-refractivity contribution in [1.29, 1.82) is 0 Å². The molecule has 0 aliphatic heterocycles. The van der Waals surface area contributed by atoms with Crippen molar-refractivity contribution in [2.45, 2.75) is 17.5 Å². The number of carboxylic acid groups (broad SMARTS) is 1. The molecule has 25 heavy (non-hydrogen) atoms. The highest BCUT2D eigenvalue weighted by molar-refractivity contribution is 7.98. The van der Waals surface area contributed by atoms with E-state index in [1.54, 1.807) is 24.4 Å². The molecule has 0 unspecified atom stereocenters. The van der Waals surface area contributed by atoms with Crippen molar-refractivity contribution in [1.82, 2.24) is 19.7 Å². The van der Waals surface area contributed by atoms with Gasteiger partial charge in [-0.3, -0.25) is 9.55 Å².